The predicted molar refractivity (Wildman–Crippen MR) is 132 cm³/mol. The first-order valence-corrected chi connectivity index (χ1v) is 12.5. The number of nitrogens with zero attached hydrogens (tertiary/aromatic N) is 8. The topological polar surface area (TPSA) is 132 Å². The molecule has 3 aromatic rings. The first-order chi connectivity index (χ1) is 17.2. The maximum Gasteiger partial charge on any atom is 0.219 e. The number of rotatable bonds is 8. The molecular weight excluding hydrogens is 448 g/mol. The van der Waals surface area contributed by atoms with E-state index < -0.39 is 0 Å². The van der Waals surface area contributed by atoms with E-state index in [9.17, 15) is 0 Å². The van der Waals surface area contributed by atoms with Crippen LogP contribution in [0.4, 0.5) is 17.7 Å². The molecule has 186 valence electrons. The van der Waals surface area contributed by atoms with Crippen LogP contribution in [0.15, 0.2) is 12.4 Å². The Balaban J connectivity index is 1.38. The van der Waals surface area contributed by atoms with E-state index in [4.69, 9.17) is 30.2 Å². The van der Waals surface area contributed by atoms with Gasteiger partial charge in [-0.05, 0) is 18.8 Å². The third-order valence-electron chi connectivity index (χ3n) is 6.77. The summed E-state index contributed by atoms with van der Waals surface area (Å²) in [7, 11) is 0. The summed E-state index contributed by atoms with van der Waals surface area (Å²) in [5, 5.41) is 3.60. The summed E-state index contributed by atoms with van der Waals surface area (Å²) in [5.41, 5.74) is 8.11. The molecule has 0 spiro atoms. The number of aromatic nitrogens is 6. The van der Waals surface area contributed by atoms with Crippen LogP contribution in [0, 0.1) is 5.92 Å². The van der Waals surface area contributed by atoms with Gasteiger partial charge in [0.15, 0.2) is 22.8 Å². The number of morpholine rings is 2. The molecule has 2 saturated heterocycles. The van der Waals surface area contributed by atoms with Crippen LogP contribution in [-0.2, 0) is 16.0 Å². The minimum Gasteiger partial charge on any atom is -0.379 e. The average molecular weight is 481 g/mol. The Morgan fingerprint density at radius 2 is 1.66 bits per heavy atom. The van der Waals surface area contributed by atoms with Crippen molar-refractivity contribution in [2.75, 3.05) is 81.6 Å². The van der Waals surface area contributed by atoms with E-state index in [0.717, 1.165) is 87.5 Å². The van der Waals surface area contributed by atoms with Crippen LogP contribution >= 0.6 is 0 Å². The summed E-state index contributed by atoms with van der Waals surface area (Å²) in [6, 6.07) is 0. The number of nitrogens with one attached hydrogen (secondary N) is 1. The largest absolute Gasteiger partial charge is 0.379 e. The Bertz CT molecular complexity index is 1150. The second-order valence-corrected chi connectivity index (χ2v) is 9.34. The van der Waals surface area contributed by atoms with E-state index >= 15 is 0 Å². The third kappa shape index (κ3) is 5.00. The van der Waals surface area contributed by atoms with Gasteiger partial charge in [-0.15, -0.1) is 0 Å². The maximum atomic E-state index is 5.71. The Hall–Kier alpha value is -3.09. The summed E-state index contributed by atoms with van der Waals surface area (Å²) >= 11 is 0. The molecule has 3 fully saturated rings. The van der Waals surface area contributed by atoms with E-state index in [-0.39, 0.29) is 5.95 Å². The van der Waals surface area contributed by atoms with Crippen LogP contribution in [0.5, 0.6) is 0 Å². The highest BCUT2D eigenvalue weighted by atomic mass is 16.5. The number of ether oxygens (including phenoxy) is 2. The molecule has 0 aromatic carbocycles. The molecule has 0 atom stereocenters. The molecule has 1 aliphatic carbocycles. The van der Waals surface area contributed by atoms with Crippen LogP contribution in [0.25, 0.3) is 22.6 Å². The lowest BCUT2D eigenvalue weighted by Gasteiger charge is -2.28. The second-order valence-electron chi connectivity index (χ2n) is 9.34. The Morgan fingerprint density at radius 3 is 2.37 bits per heavy atom. The molecule has 3 aromatic heterocycles. The number of nitrogens with two attached hydrogens (primary N) is 1. The second kappa shape index (κ2) is 9.88. The van der Waals surface area contributed by atoms with E-state index in [1.165, 1.54) is 12.8 Å². The molecule has 0 unspecified atom stereocenters. The van der Waals surface area contributed by atoms with Crippen LogP contribution in [0.2, 0.25) is 0 Å². The molecule has 0 radical (unpaired) electrons. The molecule has 12 heteroatoms. The Morgan fingerprint density at radius 1 is 0.943 bits per heavy atom. The van der Waals surface area contributed by atoms with E-state index in [2.05, 4.69) is 29.7 Å². The normalized spacial score (nSPS) is 19.4. The lowest BCUT2D eigenvalue weighted by atomic mass is 10.3. The molecule has 5 heterocycles. The average Bonchev–Trinajstić information content (AvgIpc) is 3.66. The van der Waals surface area contributed by atoms with Gasteiger partial charge in [-0.3, -0.25) is 9.47 Å². The van der Waals surface area contributed by atoms with Crippen molar-refractivity contribution < 1.29 is 9.47 Å². The van der Waals surface area contributed by atoms with Gasteiger partial charge < -0.3 is 25.4 Å². The standard InChI is InChI=1S/C23H32N10O2/c24-22-26-13-17(14-27-22)19-29-20(32-7-11-35-12-8-32)18-21(30-19)33(15-16-1-2-16)23(28-18)25-3-4-31-5-9-34-10-6-31/h13-14,16H,1-12,15H2,(H,25,28)(H2,24,26,27). The number of fused-ring (bicyclic) bond motifs is 1. The first-order valence-electron chi connectivity index (χ1n) is 12.5. The van der Waals surface area contributed by atoms with E-state index in [0.29, 0.717) is 25.0 Å². The van der Waals surface area contributed by atoms with Crippen LogP contribution in [0.3, 0.4) is 0 Å². The molecule has 6 rings (SSSR count). The van der Waals surface area contributed by atoms with Gasteiger partial charge in [0.05, 0.1) is 32.0 Å². The lowest BCUT2D eigenvalue weighted by Crippen LogP contribution is -2.39. The molecule has 2 aliphatic heterocycles. The molecule has 35 heavy (non-hydrogen) atoms. The van der Waals surface area contributed by atoms with Crippen LogP contribution < -0.4 is 16.0 Å². The number of anilines is 3. The third-order valence-corrected chi connectivity index (χ3v) is 6.77. The van der Waals surface area contributed by atoms with Crippen molar-refractivity contribution in [2.45, 2.75) is 19.4 Å². The molecule has 3 N–H and O–H groups in total. The Kier molecular flexibility index (Phi) is 6.32. The maximum absolute atomic E-state index is 5.71. The smallest absolute Gasteiger partial charge is 0.219 e. The van der Waals surface area contributed by atoms with Gasteiger partial charge in [-0.2, -0.15) is 0 Å². The quantitative estimate of drug-likeness (QED) is 0.475. The van der Waals surface area contributed by atoms with Gasteiger partial charge in [0.2, 0.25) is 11.9 Å². The SMILES string of the molecule is Nc1ncc(-c2nc(N3CCOCC3)c3nc(NCCN4CCOCC4)n(CC4CC4)c3n2)cn1. The van der Waals surface area contributed by atoms with Crippen molar-refractivity contribution in [1.29, 1.82) is 0 Å². The fraction of sp³-hybridized carbons (Fsp3) is 0.609. The number of hydrogen-bond acceptors (Lipinski definition) is 11. The van der Waals surface area contributed by atoms with Crippen molar-refractivity contribution in [2.24, 2.45) is 5.92 Å². The molecule has 0 amide bonds. The van der Waals surface area contributed by atoms with Gasteiger partial charge in [-0.1, -0.05) is 0 Å². The number of imidazole rings is 1. The van der Waals surface area contributed by atoms with Crippen molar-refractivity contribution in [1.82, 2.24) is 34.4 Å². The lowest BCUT2D eigenvalue weighted by molar-refractivity contribution is 0.0398. The zero-order valence-corrected chi connectivity index (χ0v) is 19.9. The fourth-order valence-corrected chi connectivity index (χ4v) is 4.58. The number of hydrogen-bond donors (Lipinski definition) is 2. The van der Waals surface area contributed by atoms with Gasteiger partial charge in [-0.25, -0.2) is 24.9 Å². The zero-order chi connectivity index (χ0) is 23.6. The minimum atomic E-state index is 0.230. The minimum absolute atomic E-state index is 0.230. The van der Waals surface area contributed by atoms with Crippen molar-refractivity contribution in [3.63, 3.8) is 0 Å². The molecular formula is C23H32N10O2. The fourth-order valence-electron chi connectivity index (χ4n) is 4.58. The molecule has 12 nitrogen and oxygen atoms in total. The zero-order valence-electron chi connectivity index (χ0n) is 19.9. The molecule has 0 bridgehead atoms. The summed E-state index contributed by atoms with van der Waals surface area (Å²) in [5.74, 6) is 3.16. The highest BCUT2D eigenvalue weighted by Crippen LogP contribution is 2.35. The van der Waals surface area contributed by atoms with Gasteiger partial charge in [0.1, 0.15) is 0 Å². The van der Waals surface area contributed by atoms with E-state index in [1.807, 2.05) is 0 Å². The van der Waals surface area contributed by atoms with Gasteiger partial charge in [0.25, 0.3) is 0 Å². The molecule has 3 aliphatic rings. The highest BCUT2D eigenvalue weighted by Gasteiger charge is 2.28. The predicted octanol–water partition coefficient (Wildman–Crippen LogP) is 0.856. The highest BCUT2D eigenvalue weighted by molar-refractivity contribution is 5.88. The summed E-state index contributed by atoms with van der Waals surface area (Å²) in [6.07, 6.45) is 5.84. The van der Waals surface area contributed by atoms with Crippen molar-refractivity contribution in [3.05, 3.63) is 12.4 Å². The van der Waals surface area contributed by atoms with Gasteiger partial charge >= 0.3 is 0 Å². The van der Waals surface area contributed by atoms with Crippen molar-refractivity contribution >= 4 is 28.9 Å². The first kappa shape index (κ1) is 22.4. The number of nitrogen functional groups attached to an aromatic ring is 1. The summed E-state index contributed by atoms with van der Waals surface area (Å²) in [6.45, 7) is 9.07. The summed E-state index contributed by atoms with van der Waals surface area (Å²) in [4.78, 5) is 27.9. The van der Waals surface area contributed by atoms with Crippen LogP contribution in [-0.4, -0.2) is 100 Å². The summed E-state index contributed by atoms with van der Waals surface area (Å²) < 4.78 is 13.3. The van der Waals surface area contributed by atoms with Gasteiger partial charge in [0, 0.05) is 58.2 Å². The van der Waals surface area contributed by atoms with Crippen molar-refractivity contribution in [3.8, 4) is 11.4 Å². The van der Waals surface area contributed by atoms with E-state index in [1.54, 1.807) is 12.4 Å². The monoisotopic (exact) mass is 480 g/mol. The Labute approximate surface area is 203 Å². The molecule has 1 saturated carbocycles. The van der Waals surface area contributed by atoms with Crippen LogP contribution in [0.1, 0.15) is 12.8 Å².